The fraction of sp³-hybridized carbons (Fsp3) is 0.605. The van der Waals surface area contributed by atoms with Crippen molar-refractivity contribution in [3.63, 3.8) is 0 Å². The molecule has 3 saturated heterocycles. The van der Waals surface area contributed by atoms with Gasteiger partial charge in [-0.3, -0.25) is 9.69 Å². The number of piperazine rings is 1. The summed E-state index contributed by atoms with van der Waals surface area (Å²) in [7, 11) is -6.33. The molecule has 4 fully saturated rings. The summed E-state index contributed by atoms with van der Waals surface area (Å²) in [6.45, 7) is 9.25. The molecule has 1 aliphatic carbocycles. The molecule has 1 amide bonds. The Balaban J connectivity index is 1.30. The van der Waals surface area contributed by atoms with Crippen molar-refractivity contribution < 1.29 is 31.1 Å². The minimum atomic E-state index is -4.08. The summed E-state index contributed by atoms with van der Waals surface area (Å²) >= 11 is 0. The van der Waals surface area contributed by atoms with E-state index in [1.807, 2.05) is 32.0 Å². The van der Waals surface area contributed by atoms with Gasteiger partial charge < -0.3 is 14.0 Å². The first-order valence-corrected chi connectivity index (χ1v) is 21.8. The monoisotopic (exact) mass is 753 g/mol. The number of hydrogen-bond donors (Lipinski definition) is 1. The van der Waals surface area contributed by atoms with Gasteiger partial charge >= 0.3 is 10.2 Å². The van der Waals surface area contributed by atoms with Crippen LogP contribution in [0.5, 0.6) is 5.75 Å². The molecule has 52 heavy (non-hydrogen) atoms. The van der Waals surface area contributed by atoms with Crippen molar-refractivity contribution in [3.8, 4) is 17.0 Å². The molecule has 12 nitrogen and oxygen atoms in total. The van der Waals surface area contributed by atoms with Gasteiger partial charge in [0.15, 0.2) is 0 Å². The first kappa shape index (κ1) is 36.0. The van der Waals surface area contributed by atoms with Gasteiger partial charge in [-0.1, -0.05) is 39.2 Å². The summed E-state index contributed by atoms with van der Waals surface area (Å²) in [4.78, 5) is 16.1. The average molecular weight is 754 g/mol. The number of amides is 1. The molecule has 14 heteroatoms. The summed E-state index contributed by atoms with van der Waals surface area (Å²) in [6, 6.07) is 11.6. The number of nitrogens with one attached hydrogen (secondary N) is 1. The van der Waals surface area contributed by atoms with Gasteiger partial charge in [-0.2, -0.15) is 17.0 Å². The summed E-state index contributed by atoms with van der Waals surface area (Å²) in [5.41, 5.74) is 5.02. The third-order valence-electron chi connectivity index (χ3n) is 12.9. The molecule has 4 unspecified atom stereocenters. The minimum absolute atomic E-state index is 0.0607. The second-order valence-corrected chi connectivity index (χ2v) is 19.6. The van der Waals surface area contributed by atoms with Crippen LogP contribution in [0.2, 0.25) is 0 Å². The number of likely N-dealkylation sites (N-methyl/N-ethyl adjacent to an activating group) is 1. The summed E-state index contributed by atoms with van der Waals surface area (Å²) in [5, 5.41) is 0.976. The molecule has 0 radical (unpaired) electrons. The van der Waals surface area contributed by atoms with Crippen LogP contribution in [0.3, 0.4) is 0 Å². The van der Waals surface area contributed by atoms with Crippen LogP contribution in [0.1, 0.15) is 92.6 Å². The van der Waals surface area contributed by atoms with E-state index in [9.17, 15) is 13.2 Å². The second-order valence-electron chi connectivity index (χ2n) is 15.6. The number of fused-ring (bicyclic) bond motifs is 7. The maximum Gasteiger partial charge on any atom is 0.304 e. The van der Waals surface area contributed by atoms with Gasteiger partial charge in [-0.05, 0) is 80.1 Å². The standard InChI is InChI=1S/C38H51N5O7S2/c1-5-40-22-29-20-28(40)23-43(29)51(45,46)38(3)24-42-34-19-27(37(44)39-52(47,48)41-15-17-50-18-16-41)11-13-32(34)35(26-9-7-6-8-10-26)36(42)31-14-12-30(49-4)21-33(31)25(38)2/h11-14,19,21,25-26,28-29H,5-10,15-18,20,22-24H2,1-4H3,(H,39,44). The molecule has 2 aromatic carbocycles. The van der Waals surface area contributed by atoms with Gasteiger partial charge in [0.25, 0.3) is 5.91 Å². The van der Waals surface area contributed by atoms with Crippen LogP contribution in [0.25, 0.3) is 22.2 Å². The minimum Gasteiger partial charge on any atom is -0.497 e. The molecule has 4 atom stereocenters. The third-order valence-corrected chi connectivity index (χ3v) is 17.1. The van der Waals surface area contributed by atoms with E-state index in [1.165, 1.54) is 16.3 Å². The molecule has 8 rings (SSSR count). The van der Waals surface area contributed by atoms with Crippen LogP contribution in [-0.4, -0.2) is 111 Å². The Kier molecular flexibility index (Phi) is 9.26. The van der Waals surface area contributed by atoms with E-state index in [-0.39, 0.29) is 56.4 Å². The van der Waals surface area contributed by atoms with Crippen LogP contribution >= 0.6 is 0 Å². The number of benzene rings is 2. The van der Waals surface area contributed by atoms with Crippen LogP contribution < -0.4 is 9.46 Å². The predicted octanol–water partition coefficient (Wildman–Crippen LogP) is 4.66. The molecule has 3 aromatic rings. The van der Waals surface area contributed by atoms with Gasteiger partial charge in [-0.25, -0.2) is 13.1 Å². The topological polar surface area (TPSA) is 130 Å². The highest BCUT2D eigenvalue weighted by molar-refractivity contribution is 7.90. The van der Waals surface area contributed by atoms with Crippen molar-refractivity contribution in [3.05, 3.63) is 53.1 Å². The van der Waals surface area contributed by atoms with Gasteiger partial charge in [0.1, 0.15) is 10.5 Å². The van der Waals surface area contributed by atoms with Gasteiger partial charge in [-0.15, -0.1) is 0 Å². The molecule has 1 N–H and O–H groups in total. The van der Waals surface area contributed by atoms with Gasteiger partial charge in [0.05, 0.1) is 26.0 Å². The highest BCUT2D eigenvalue weighted by Gasteiger charge is 2.56. The maximum atomic E-state index is 15.3. The van der Waals surface area contributed by atoms with Crippen LogP contribution in [0.15, 0.2) is 36.4 Å². The zero-order valence-electron chi connectivity index (χ0n) is 30.6. The van der Waals surface area contributed by atoms with Gasteiger partial charge in [0.2, 0.25) is 10.0 Å². The average Bonchev–Trinajstić information content (AvgIpc) is 3.84. The molecule has 1 aromatic heterocycles. The number of methoxy groups -OCH3 is 1. The van der Waals surface area contributed by atoms with Crippen molar-refractivity contribution >= 4 is 37.0 Å². The van der Waals surface area contributed by atoms with Crippen molar-refractivity contribution in [1.82, 2.24) is 22.8 Å². The molecule has 0 spiro atoms. The molecule has 1 saturated carbocycles. The number of morpholine rings is 1. The molecular formula is C38H51N5O7S2. The lowest BCUT2D eigenvalue weighted by Gasteiger charge is -2.42. The highest BCUT2D eigenvalue weighted by atomic mass is 32.2. The van der Waals surface area contributed by atoms with E-state index >= 15 is 8.42 Å². The predicted molar refractivity (Wildman–Crippen MR) is 200 cm³/mol. The zero-order valence-corrected chi connectivity index (χ0v) is 32.3. The number of hydrogen-bond acceptors (Lipinski definition) is 8. The SMILES string of the molecule is CCN1CC2CC1CN2S(=O)(=O)C1(C)Cn2c(c(C3CCCCC3)c3ccc(C(=O)NS(=O)(=O)N4CCOCC4)cc32)-c2ccc(OC)cc2C1C. The van der Waals surface area contributed by atoms with Crippen molar-refractivity contribution in [2.24, 2.45) is 0 Å². The number of aromatic nitrogens is 1. The number of ether oxygens (including phenoxy) is 2. The van der Waals surface area contributed by atoms with E-state index in [2.05, 4.69) is 27.2 Å². The zero-order chi connectivity index (χ0) is 36.6. The maximum absolute atomic E-state index is 15.3. The second kappa shape index (κ2) is 13.4. The Morgan fingerprint density at radius 1 is 1.00 bits per heavy atom. The van der Waals surface area contributed by atoms with Crippen LogP contribution in [0.4, 0.5) is 0 Å². The molecule has 5 aliphatic rings. The summed E-state index contributed by atoms with van der Waals surface area (Å²) < 4.78 is 74.2. The van der Waals surface area contributed by atoms with E-state index < -0.39 is 36.8 Å². The van der Waals surface area contributed by atoms with E-state index in [4.69, 9.17) is 9.47 Å². The third kappa shape index (κ3) is 5.70. The first-order chi connectivity index (χ1) is 24.9. The molecule has 282 valence electrons. The molecular weight excluding hydrogens is 703 g/mol. The molecule has 2 bridgehead atoms. The Bertz CT molecular complexity index is 2110. The Morgan fingerprint density at radius 3 is 2.42 bits per heavy atom. The lowest BCUT2D eigenvalue weighted by Crippen LogP contribution is -2.57. The number of carbonyl (C=O) groups is 1. The number of sulfonamides is 1. The summed E-state index contributed by atoms with van der Waals surface area (Å²) in [6.07, 6.45) is 6.29. The number of likely N-dealkylation sites (tertiary alicyclic amines) is 1. The lowest BCUT2D eigenvalue weighted by molar-refractivity contribution is 0.0719. The Morgan fingerprint density at radius 2 is 1.75 bits per heavy atom. The number of rotatable bonds is 8. The highest BCUT2D eigenvalue weighted by Crippen LogP contribution is 2.53. The van der Waals surface area contributed by atoms with Crippen molar-refractivity contribution in [2.45, 2.75) is 94.5 Å². The van der Waals surface area contributed by atoms with Gasteiger partial charge in [0, 0.05) is 72.8 Å². The van der Waals surface area contributed by atoms with Crippen molar-refractivity contribution in [1.29, 1.82) is 0 Å². The lowest BCUT2D eigenvalue weighted by atomic mass is 9.80. The molecule has 5 heterocycles. The van der Waals surface area contributed by atoms with Crippen LogP contribution in [-0.2, 0) is 31.5 Å². The van der Waals surface area contributed by atoms with E-state index in [1.54, 1.807) is 23.5 Å². The van der Waals surface area contributed by atoms with E-state index in [0.29, 0.717) is 12.3 Å². The largest absolute Gasteiger partial charge is 0.497 e. The van der Waals surface area contributed by atoms with Crippen molar-refractivity contribution in [2.75, 3.05) is 53.0 Å². The Hall–Kier alpha value is -3.01. The smallest absolute Gasteiger partial charge is 0.304 e. The number of carbonyl (C=O) groups excluding carboxylic acids is 1. The molecule has 4 aliphatic heterocycles. The number of nitrogens with zero attached hydrogens (tertiary/aromatic N) is 4. The fourth-order valence-electron chi connectivity index (χ4n) is 9.79. The normalized spacial score (nSPS) is 27.7. The summed E-state index contributed by atoms with van der Waals surface area (Å²) in [5.74, 6) is -0.189. The Labute approximate surface area is 307 Å². The quantitative estimate of drug-likeness (QED) is 0.352. The van der Waals surface area contributed by atoms with Crippen LogP contribution in [0, 0.1) is 0 Å². The first-order valence-electron chi connectivity index (χ1n) is 18.9. The fourth-order valence-corrected chi connectivity index (χ4v) is 13.2. The van der Waals surface area contributed by atoms with E-state index in [0.717, 1.165) is 72.9 Å².